The molecule has 26 heavy (non-hydrogen) atoms. The van der Waals surface area contributed by atoms with Crippen LogP contribution in [0.1, 0.15) is 44.9 Å². The predicted molar refractivity (Wildman–Crippen MR) is 97.9 cm³/mol. The maximum Gasteiger partial charge on any atom is 0.270 e. The Kier molecular flexibility index (Phi) is 5.96. The number of aromatic nitrogens is 1. The van der Waals surface area contributed by atoms with Crippen LogP contribution < -0.4 is 10.6 Å². The molecule has 3 rings (SSSR count). The van der Waals surface area contributed by atoms with Gasteiger partial charge < -0.3 is 15.4 Å². The molecule has 0 saturated carbocycles. The maximum atomic E-state index is 12.3. The molecule has 136 valence electrons. The Morgan fingerprint density at radius 1 is 1.08 bits per heavy atom. The van der Waals surface area contributed by atoms with Crippen molar-refractivity contribution in [3.63, 3.8) is 0 Å². The summed E-state index contributed by atoms with van der Waals surface area (Å²) in [5.74, 6) is -0.601. The van der Waals surface area contributed by atoms with Crippen molar-refractivity contribution in [3.05, 3.63) is 65.0 Å². The molecule has 1 saturated heterocycles. The Bertz CT molecular complexity index is 785. The summed E-state index contributed by atoms with van der Waals surface area (Å²) in [4.78, 5) is 28.8. The molecule has 2 aromatic rings. The molecule has 0 radical (unpaired) electrons. The van der Waals surface area contributed by atoms with Crippen LogP contribution in [0.25, 0.3) is 0 Å². The third kappa shape index (κ3) is 4.67. The van der Waals surface area contributed by atoms with Crippen molar-refractivity contribution >= 4 is 11.8 Å². The fraction of sp³-hybridized carbons (Fsp3) is 0.350. The molecule has 2 amide bonds. The zero-order valence-electron chi connectivity index (χ0n) is 14.8. The molecule has 1 aromatic heterocycles. The van der Waals surface area contributed by atoms with E-state index in [1.54, 1.807) is 18.2 Å². The molecule has 1 aromatic carbocycles. The summed E-state index contributed by atoms with van der Waals surface area (Å²) in [6.07, 6.45) is 2.05. The minimum Gasteiger partial charge on any atom is -0.376 e. The van der Waals surface area contributed by atoms with Crippen molar-refractivity contribution in [2.24, 2.45) is 0 Å². The SMILES string of the molecule is Cc1ccccc1CNC(=O)c1cccc(C(=O)NCC2CCCO2)n1. The molecule has 1 aliphatic heterocycles. The smallest absolute Gasteiger partial charge is 0.270 e. The van der Waals surface area contributed by atoms with Gasteiger partial charge in [-0.15, -0.1) is 0 Å². The number of pyridine rings is 1. The highest BCUT2D eigenvalue weighted by Crippen LogP contribution is 2.11. The highest BCUT2D eigenvalue weighted by atomic mass is 16.5. The summed E-state index contributed by atoms with van der Waals surface area (Å²) in [5, 5.41) is 5.66. The van der Waals surface area contributed by atoms with E-state index in [1.165, 1.54) is 0 Å². The quantitative estimate of drug-likeness (QED) is 0.835. The highest BCUT2D eigenvalue weighted by molar-refractivity contribution is 5.96. The van der Waals surface area contributed by atoms with Gasteiger partial charge in [0, 0.05) is 19.7 Å². The second-order valence-electron chi connectivity index (χ2n) is 6.36. The van der Waals surface area contributed by atoms with Crippen molar-refractivity contribution in [3.8, 4) is 0 Å². The number of nitrogens with zero attached hydrogens (tertiary/aromatic N) is 1. The zero-order valence-corrected chi connectivity index (χ0v) is 14.8. The fourth-order valence-corrected chi connectivity index (χ4v) is 2.86. The summed E-state index contributed by atoms with van der Waals surface area (Å²) in [6, 6.07) is 12.7. The van der Waals surface area contributed by atoms with E-state index in [-0.39, 0.29) is 29.3 Å². The van der Waals surface area contributed by atoms with E-state index in [2.05, 4.69) is 15.6 Å². The summed E-state index contributed by atoms with van der Waals surface area (Å²) in [7, 11) is 0. The average Bonchev–Trinajstić information content (AvgIpc) is 3.19. The van der Waals surface area contributed by atoms with Gasteiger partial charge in [0.25, 0.3) is 11.8 Å². The first-order valence-corrected chi connectivity index (χ1v) is 8.83. The molecule has 6 heteroatoms. The molecule has 2 heterocycles. The standard InChI is InChI=1S/C20H23N3O3/c1-14-6-2-3-7-15(14)12-21-19(24)17-9-4-10-18(23-17)20(25)22-13-16-8-5-11-26-16/h2-4,6-7,9-10,16H,5,8,11-13H2,1H3,(H,21,24)(H,22,25). The van der Waals surface area contributed by atoms with E-state index >= 15 is 0 Å². The lowest BCUT2D eigenvalue weighted by Gasteiger charge is -2.11. The summed E-state index contributed by atoms with van der Waals surface area (Å²) in [5.41, 5.74) is 2.62. The molecule has 0 spiro atoms. The predicted octanol–water partition coefficient (Wildman–Crippen LogP) is 2.23. The van der Waals surface area contributed by atoms with E-state index in [9.17, 15) is 9.59 Å². The molecule has 1 aliphatic rings. The first-order valence-electron chi connectivity index (χ1n) is 8.83. The minimum absolute atomic E-state index is 0.0690. The summed E-state index contributed by atoms with van der Waals surface area (Å²) >= 11 is 0. The molecule has 0 bridgehead atoms. The number of amides is 2. The number of aryl methyl sites for hydroxylation is 1. The second kappa shape index (κ2) is 8.58. The molecular weight excluding hydrogens is 330 g/mol. The van der Waals surface area contributed by atoms with Crippen LogP contribution in [0.15, 0.2) is 42.5 Å². The topological polar surface area (TPSA) is 80.3 Å². The van der Waals surface area contributed by atoms with Crippen molar-refractivity contribution < 1.29 is 14.3 Å². The Labute approximate surface area is 153 Å². The highest BCUT2D eigenvalue weighted by Gasteiger charge is 2.18. The van der Waals surface area contributed by atoms with E-state index in [0.717, 1.165) is 30.6 Å². The Balaban J connectivity index is 1.58. The largest absolute Gasteiger partial charge is 0.376 e. The van der Waals surface area contributed by atoms with Gasteiger partial charge in [0.1, 0.15) is 11.4 Å². The molecule has 2 N–H and O–H groups in total. The number of benzene rings is 1. The number of carbonyl (C=O) groups is 2. The number of nitrogens with one attached hydrogen (secondary N) is 2. The van der Waals surface area contributed by atoms with E-state index in [4.69, 9.17) is 4.74 Å². The number of rotatable bonds is 6. The lowest BCUT2D eigenvalue weighted by molar-refractivity contribution is 0.0853. The number of carbonyl (C=O) groups excluding carboxylic acids is 2. The van der Waals surface area contributed by atoms with Crippen LogP contribution in [0, 0.1) is 6.92 Å². The van der Waals surface area contributed by atoms with Gasteiger partial charge >= 0.3 is 0 Å². The lowest BCUT2D eigenvalue weighted by Crippen LogP contribution is -2.33. The van der Waals surface area contributed by atoms with Crippen molar-refractivity contribution in [1.29, 1.82) is 0 Å². The third-order valence-electron chi connectivity index (χ3n) is 4.43. The Morgan fingerprint density at radius 2 is 1.81 bits per heavy atom. The first-order chi connectivity index (χ1) is 12.6. The second-order valence-corrected chi connectivity index (χ2v) is 6.36. The maximum absolute atomic E-state index is 12.3. The summed E-state index contributed by atoms with van der Waals surface area (Å²) < 4.78 is 5.49. The zero-order chi connectivity index (χ0) is 18.4. The third-order valence-corrected chi connectivity index (χ3v) is 4.43. The van der Waals surface area contributed by atoms with Gasteiger partial charge in [0.05, 0.1) is 6.10 Å². The van der Waals surface area contributed by atoms with Crippen molar-refractivity contribution in [2.45, 2.75) is 32.4 Å². The van der Waals surface area contributed by atoms with Gasteiger partial charge in [0.2, 0.25) is 0 Å². The van der Waals surface area contributed by atoms with Crippen LogP contribution in [0.5, 0.6) is 0 Å². The number of hydrogen-bond donors (Lipinski definition) is 2. The van der Waals surface area contributed by atoms with Crippen LogP contribution in [0.2, 0.25) is 0 Å². The number of ether oxygens (including phenoxy) is 1. The van der Waals surface area contributed by atoms with Crippen molar-refractivity contribution in [2.75, 3.05) is 13.2 Å². The fourth-order valence-electron chi connectivity index (χ4n) is 2.86. The van der Waals surface area contributed by atoms with Crippen molar-refractivity contribution in [1.82, 2.24) is 15.6 Å². The van der Waals surface area contributed by atoms with Crippen LogP contribution in [-0.2, 0) is 11.3 Å². The lowest BCUT2D eigenvalue weighted by atomic mass is 10.1. The molecule has 6 nitrogen and oxygen atoms in total. The van der Waals surface area contributed by atoms with Gasteiger partial charge in [-0.05, 0) is 43.0 Å². The number of hydrogen-bond acceptors (Lipinski definition) is 4. The molecule has 0 aliphatic carbocycles. The van der Waals surface area contributed by atoms with E-state index in [1.807, 2.05) is 31.2 Å². The van der Waals surface area contributed by atoms with Gasteiger partial charge in [0.15, 0.2) is 0 Å². The van der Waals surface area contributed by atoms with E-state index < -0.39 is 0 Å². The van der Waals surface area contributed by atoms with Gasteiger partial charge in [-0.2, -0.15) is 0 Å². The first kappa shape index (κ1) is 18.1. The van der Waals surface area contributed by atoms with Gasteiger partial charge in [-0.1, -0.05) is 30.3 Å². The van der Waals surface area contributed by atoms with Gasteiger partial charge in [-0.3, -0.25) is 9.59 Å². The van der Waals surface area contributed by atoms with Gasteiger partial charge in [-0.25, -0.2) is 4.98 Å². The monoisotopic (exact) mass is 353 g/mol. The molecule has 1 atom stereocenters. The Hall–Kier alpha value is -2.73. The summed E-state index contributed by atoms with van der Waals surface area (Å²) in [6.45, 7) is 3.63. The normalized spacial score (nSPS) is 16.3. The Morgan fingerprint density at radius 3 is 2.50 bits per heavy atom. The molecule has 1 unspecified atom stereocenters. The molecule has 1 fully saturated rings. The molecular formula is C20H23N3O3. The minimum atomic E-state index is -0.304. The van der Waals surface area contributed by atoms with E-state index in [0.29, 0.717) is 13.1 Å². The van der Waals surface area contributed by atoms with Crippen LogP contribution in [-0.4, -0.2) is 36.1 Å². The van der Waals surface area contributed by atoms with Crippen LogP contribution in [0.3, 0.4) is 0 Å². The average molecular weight is 353 g/mol. The van der Waals surface area contributed by atoms with Crippen LogP contribution >= 0.6 is 0 Å². The van der Waals surface area contributed by atoms with Crippen LogP contribution in [0.4, 0.5) is 0 Å².